The summed E-state index contributed by atoms with van der Waals surface area (Å²) in [5.74, 6) is -0.345. The zero-order valence-electron chi connectivity index (χ0n) is 17.8. The quantitative estimate of drug-likeness (QED) is 0.610. The molecule has 0 spiro atoms. The molecule has 31 heavy (non-hydrogen) atoms. The Bertz CT molecular complexity index is 1030. The van der Waals surface area contributed by atoms with Crippen LogP contribution in [0.4, 0.5) is 5.69 Å². The van der Waals surface area contributed by atoms with Crippen LogP contribution in [-0.4, -0.2) is 58.1 Å². The van der Waals surface area contributed by atoms with Crippen molar-refractivity contribution < 1.29 is 22.7 Å². The first-order valence-corrected chi connectivity index (χ1v) is 11.7. The van der Waals surface area contributed by atoms with Gasteiger partial charge < -0.3 is 15.0 Å². The number of methoxy groups -OCH3 is 1. The van der Waals surface area contributed by atoms with E-state index in [1.165, 1.54) is 19.1 Å². The van der Waals surface area contributed by atoms with E-state index >= 15 is 0 Å². The number of hydrogen-bond acceptors (Lipinski definition) is 5. The average molecular weight is 468 g/mol. The standard InChI is InChI=1S/C21H26ClN3O5S/c1-15(21(27)23-2)24(13-16-6-5-7-17(22)12-16)20(26)14-25(31(4,28)29)18-8-10-19(30-3)11-9-18/h5-12,15H,13-14H2,1-4H3,(H,23,27). The molecule has 0 fully saturated rings. The van der Waals surface area contributed by atoms with Gasteiger partial charge in [0, 0.05) is 18.6 Å². The number of hydrogen-bond donors (Lipinski definition) is 1. The van der Waals surface area contributed by atoms with Gasteiger partial charge in [0.1, 0.15) is 18.3 Å². The van der Waals surface area contributed by atoms with Gasteiger partial charge in [0.25, 0.3) is 0 Å². The van der Waals surface area contributed by atoms with Crippen molar-refractivity contribution in [3.63, 3.8) is 0 Å². The SMILES string of the molecule is CNC(=O)C(C)N(Cc1cccc(Cl)c1)C(=O)CN(c1ccc(OC)cc1)S(C)(=O)=O. The molecule has 168 valence electrons. The number of anilines is 1. The Labute approximate surface area is 187 Å². The van der Waals surface area contributed by atoms with Crippen LogP contribution in [0.5, 0.6) is 5.75 Å². The lowest BCUT2D eigenvalue weighted by Gasteiger charge is -2.31. The fraction of sp³-hybridized carbons (Fsp3) is 0.333. The Kier molecular flexibility index (Phi) is 8.29. The van der Waals surface area contributed by atoms with Crippen LogP contribution < -0.4 is 14.4 Å². The lowest BCUT2D eigenvalue weighted by atomic mass is 10.1. The molecule has 0 saturated heterocycles. The largest absolute Gasteiger partial charge is 0.497 e. The highest BCUT2D eigenvalue weighted by atomic mass is 35.5. The van der Waals surface area contributed by atoms with E-state index in [2.05, 4.69) is 5.32 Å². The molecule has 1 N–H and O–H groups in total. The van der Waals surface area contributed by atoms with Gasteiger partial charge in [-0.3, -0.25) is 13.9 Å². The van der Waals surface area contributed by atoms with Crippen molar-refractivity contribution in [2.45, 2.75) is 19.5 Å². The number of halogens is 1. The van der Waals surface area contributed by atoms with Gasteiger partial charge in [-0.2, -0.15) is 0 Å². The van der Waals surface area contributed by atoms with Crippen LogP contribution in [0.15, 0.2) is 48.5 Å². The van der Waals surface area contributed by atoms with E-state index in [0.717, 1.165) is 10.6 Å². The van der Waals surface area contributed by atoms with Crippen LogP contribution in [0.25, 0.3) is 0 Å². The van der Waals surface area contributed by atoms with Crippen LogP contribution in [-0.2, 0) is 26.2 Å². The molecule has 10 heteroatoms. The first-order valence-electron chi connectivity index (χ1n) is 9.44. The lowest BCUT2D eigenvalue weighted by Crippen LogP contribution is -2.50. The van der Waals surface area contributed by atoms with Gasteiger partial charge in [0.15, 0.2) is 0 Å². The van der Waals surface area contributed by atoms with E-state index in [0.29, 0.717) is 22.0 Å². The lowest BCUT2D eigenvalue weighted by molar-refractivity contribution is -0.139. The maximum Gasteiger partial charge on any atom is 0.244 e. The second-order valence-corrected chi connectivity index (χ2v) is 9.25. The molecule has 0 radical (unpaired) electrons. The Hall–Kier alpha value is -2.78. The first kappa shape index (κ1) is 24.5. The number of rotatable bonds is 9. The minimum absolute atomic E-state index is 0.0915. The van der Waals surface area contributed by atoms with E-state index < -0.39 is 28.5 Å². The van der Waals surface area contributed by atoms with E-state index in [-0.39, 0.29) is 12.5 Å². The topological polar surface area (TPSA) is 96.0 Å². The van der Waals surface area contributed by atoms with Crippen LogP contribution >= 0.6 is 11.6 Å². The summed E-state index contributed by atoms with van der Waals surface area (Å²) >= 11 is 6.05. The molecule has 2 amide bonds. The molecule has 0 aliphatic rings. The number of nitrogens with zero attached hydrogens (tertiary/aromatic N) is 2. The van der Waals surface area contributed by atoms with E-state index in [4.69, 9.17) is 16.3 Å². The first-order chi connectivity index (χ1) is 14.6. The Morgan fingerprint density at radius 1 is 1.16 bits per heavy atom. The van der Waals surface area contributed by atoms with E-state index in [9.17, 15) is 18.0 Å². The minimum Gasteiger partial charge on any atom is -0.497 e. The molecule has 2 aromatic rings. The molecule has 0 heterocycles. The van der Waals surface area contributed by atoms with Gasteiger partial charge in [-0.1, -0.05) is 23.7 Å². The van der Waals surface area contributed by atoms with E-state index in [1.807, 2.05) is 0 Å². The molecular formula is C21H26ClN3O5S. The fourth-order valence-corrected chi connectivity index (χ4v) is 4.05. The van der Waals surface area contributed by atoms with E-state index in [1.54, 1.807) is 55.5 Å². The monoisotopic (exact) mass is 467 g/mol. The third-order valence-corrected chi connectivity index (χ3v) is 6.07. The number of sulfonamides is 1. The maximum atomic E-state index is 13.2. The number of carbonyl (C=O) groups is 2. The molecule has 0 aliphatic carbocycles. The number of nitrogens with one attached hydrogen (secondary N) is 1. The van der Waals surface area contributed by atoms with Gasteiger partial charge in [-0.25, -0.2) is 8.42 Å². The number of amides is 2. The summed E-state index contributed by atoms with van der Waals surface area (Å²) in [6.07, 6.45) is 1.02. The molecule has 8 nitrogen and oxygen atoms in total. The van der Waals surface area contributed by atoms with Crippen molar-refractivity contribution in [1.29, 1.82) is 0 Å². The number of carbonyl (C=O) groups excluding carboxylic acids is 2. The number of ether oxygens (including phenoxy) is 1. The smallest absolute Gasteiger partial charge is 0.244 e. The average Bonchev–Trinajstić information content (AvgIpc) is 2.74. The van der Waals surface area contributed by atoms with Crippen LogP contribution in [0, 0.1) is 0 Å². The van der Waals surface area contributed by atoms with Crippen molar-refractivity contribution in [2.75, 3.05) is 31.3 Å². The summed E-state index contributed by atoms with van der Waals surface area (Å²) in [4.78, 5) is 26.8. The zero-order chi connectivity index (χ0) is 23.2. The van der Waals surface area contributed by atoms with Gasteiger partial charge in [0.05, 0.1) is 19.1 Å². The summed E-state index contributed by atoms with van der Waals surface area (Å²) in [5.41, 5.74) is 1.03. The second-order valence-electron chi connectivity index (χ2n) is 6.91. The second kappa shape index (κ2) is 10.5. The van der Waals surface area contributed by atoms with Gasteiger partial charge in [-0.15, -0.1) is 0 Å². The summed E-state index contributed by atoms with van der Waals surface area (Å²) in [6, 6.07) is 12.4. The molecular weight excluding hydrogens is 442 g/mol. The Morgan fingerprint density at radius 2 is 1.81 bits per heavy atom. The normalized spacial score (nSPS) is 12.0. The van der Waals surface area contributed by atoms with Gasteiger partial charge in [0.2, 0.25) is 21.8 Å². The van der Waals surface area contributed by atoms with Crippen molar-refractivity contribution in [1.82, 2.24) is 10.2 Å². The summed E-state index contributed by atoms with van der Waals surface area (Å²) in [6.45, 7) is 1.21. The molecule has 2 rings (SSSR count). The fourth-order valence-electron chi connectivity index (χ4n) is 2.99. The maximum absolute atomic E-state index is 13.2. The Balaban J connectivity index is 2.36. The summed E-state index contributed by atoms with van der Waals surface area (Å²) < 4.78 is 31.0. The molecule has 0 aliphatic heterocycles. The Morgan fingerprint density at radius 3 is 2.32 bits per heavy atom. The van der Waals surface area contributed by atoms with Gasteiger partial charge in [-0.05, 0) is 48.9 Å². The molecule has 2 aromatic carbocycles. The highest BCUT2D eigenvalue weighted by Crippen LogP contribution is 2.22. The molecule has 0 saturated carbocycles. The third kappa shape index (κ3) is 6.60. The predicted octanol–water partition coefficient (Wildman–Crippen LogP) is 2.28. The third-order valence-electron chi connectivity index (χ3n) is 4.70. The molecule has 0 bridgehead atoms. The number of benzene rings is 2. The summed E-state index contributed by atoms with van der Waals surface area (Å²) in [5, 5.41) is 3.01. The zero-order valence-corrected chi connectivity index (χ0v) is 19.4. The van der Waals surface area contributed by atoms with Crippen molar-refractivity contribution in [3.05, 3.63) is 59.1 Å². The van der Waals surface area contributed by atoms with Crippen molar-refractivity contribution in [3.8, 4) is 5.75 Å². The highest BCUT2D eigenvalue weighted by molar-refractivity contribution is 7.92. The minimum atomic E-state index is -3.77. The van der Waals surface area contributed by atoms with Crippen LogP contribution in [0.2, 0.25) is 5.02 Å². The van der Waals surface area contributed by atoms with Crippen LogP contribution in [0.3, 0.4) is 0 Å². The van der Waals surface area contributed by atoms with Crippen LogP contribution in [0.1, 0.15) is 12.5 Å². The highest BCUT2D eigenvalue weighted by Gasteiger charge is 2.29. The predicted molar refractivity (Wildman–Crippen MR) is 121 cm³/mol. The van der Waals surface area contributed by atoms with Gasteiger partial charge >= 0.3 is 0 Å². The molecule has 0 aromatic heterocycles. The number of likely N-dealkylation sites (N-methyl/N-ethyl adjacent to an activating group) is 1. The summed E-state index contributed by atoms with van der Waals surface area (Å²) in [7, 11) is -0.800. The molecule has 1 atom stereocenters. The molecule has 1 unspecified atom stereocenters. The van der Waals surface area contributed by atoms with Crippen molar-refractivity contribution >= 4 is 39.1 Å². The van der Waals surface area contributed by atoms with Crippen molar-refractivity contribution in [2.24, 2.45) is 0 Å².